The number of rotatable bonds is 1. The van der Waals surface area contributed by atoms with Gasteiger partial charge in [0.15, 0.2) is 0 Å². The van der Waals surface area contributed by atoms with Gasteiger partial charge in [0.1, 0.15) is 17.5 Å². The van der Waals surface area contributed by atoms with E-state index in [1.54, 1.807) is 19.1 Å². The molecule has 0 aliphatic carbocycles. The van der Waals surface area contributed by atoms with Gasteiger partial charge >= 0.3 is 0 Å². The summed E-state index contributed by atoms with van der Waals surface area (Å²) in [7, 11) is 0. The third kappa shape index (κ3) is 2.37. The number of aryl methyl sites for hydroxylation is 1. The van der Waals surface area contributed by atoms with Gasteiger partial charge in [0.25, 0.3) is 0 Å². The smallest absolute Gasteiger partial charge is 0.128 e. The molecule has 0 unspecified atom stereocenters. The number of nitrogens with two attached hydrogens (primary N) is 1. The Hall–Kier alpha value is -2.48. The highest BCUT2D eigenvalue weighted by Gasteiger charge is 2.06. The van der Waals surface area contributed by atoms with Crippen LogP contribution in [0.15, 0.2) is 24.3 Å². The number of nitriles is 1. The Morgan fingerprint density at radius 1 is 1.24 bits per heavy atom. The van der Waals surface area contributed by atoms with Gasteiger partial charge in [-0.3, -0.25) is 0 Å². The number of halogens is 1. The van der Waals surface area contributed by atoms with E-state index in [1.165, 1.54) is 12.1 Å². The first-order chi connectivity index (χ1) is 8.08. The van der Waals surface area contributed by atoms with Crippen LogP contribution in [0.5, 0.6) is 0 Å². The molecule has 0 amide bonds. The van der Waals surface area contributed by atoms with Crippen LogP contribution in [0.3, 0.4) is 0 Å². The molecule has 0 aliphatic rings. The lowest BCUT2D eigenvalue weighted by molar-refractivity contribution is 0.628. The van der Waals surface area contributed by atoms with Crippen molar-refractivity contribution in [2.75, 3.05) is 5.73 Å². The lowest BCUT2D eigenvalue weighted by atomic mass is 10.1. The number of hydrogen-bond acceptors (Lipinski definition) is 4. The van der Waals surface area contributed by atoms with Crippen LogP contribution < -0.4 is 5.73 Å². The molecule has 0 saturated heterocycles. The van der Waals surface area contributed by atoms with Crippen molar-refractivity contribution < 1.29 is 4.39 Å². The summed E-state index contributed by atoms with van der Waals surface area (Å²) in [6.45, 7) is 1.70. The molecule has 5 heteroatoms. The second kappa shape index (κ2) is 4.18. The highest BCUT2D eigenvalue weighted by molar-refractivity contribution is 5.63. The summed E-state index contributed by atoms with van der Waals surface area (Å²) >= 11 is 0. The van der Waals surface area contributed by atoms with Crippen LogP contribution in [-0.2, 0) is 0 Å². The van der Waals surface area contributed by atoms with E-state index in [0.29, 0.717) is 22.9 Å². The Bertz CT molecular complexity index is 596. The number of hydrogen-bond donors (Lipinski definition) is 1. The molecule has 2 N–H and O–H groups in total. The van der Waals surface area contributed by atoms with Crippen molar-refractivity contribution in [3.8, 4) is 17.3 Å². The van der Waals surface area contributed by atoms with Crippen molar-refractivity contribution in [3.05, 3.63) is 41.5 Å². The maximum Gasteiger partial charge on any atom is 0.128 e. The second-order valence-corrected chi connectivity index (χ2v) is 3.57. The van der Waals surface area contributed by atoms with Gasteiger partial charge in [-0.15, -0.1) is 0 Å². The molecule has 1 aromatic carbocycles. The Balaban J connectivity index is 2.60. The van der Waals surface area contributed by atoms with Crippen LogP contribution in [0.1, 0.15) is 11.4 Å². The number of nitrogens with zero attached hydrogens (tertiary/aromatic N) is 3. The van der Waals surface area contributed by atoms with Crippen molar-refractivity contribution in [2.24, 2.45) is 0 Å². The molecule has 0 saturated carbocycles. The average Bonchev–Trinajstić information content (AvgIpc) is 2.26. The third-order valence-corrected chi connectivity index (χ3v) is 2.18. The van der Waals surface area contributed by atoms with Gasteiger partial charge in [0.05, 0.1) is 17.3 Å². The van der Waals surface area contributed by atoms with Crippen molar-refractivity contribution in [1.29, 1.82) is 5.26 Å². The summed E-state index contributed by atoms with van der Waals surface area (Å²) < 4.78 is 13.3. The molecule has 17 heavy (non-hydrogen) atoms. The minimum absolute atomic E-state index is 0.245. The molecule has 0 atom stereocenters. The maximum absolute atomic E-state index is 13.3. The zero-order valence-electron chi connectivity index (χ0n) is 9.11. The topological polar surface area (TPSA) is 75.6 Å². The second-order valence-electron chi connectivity index (χ2n) is 3.57. The van der Waals surface area contributed by atoms with E-state index in [4.69, 9.17) is 11.0 Å². The molecule has 0 radical (unpaired) electrons. The quantitative estimate of drug-likeness (QED) is 0.810. The van der Waals surface area contributed by atoms with Gasteiger partial charge in [0, 0.05) is 11.6 Å². The van der Waals surface area contributed by atoms with E-state index >= 15 is 0 Å². The Morgan fingerprint density at radius 3 is 2.65 bits per heavy atom. The molecule has 2 rings (SSSR count). The summed E-state index contributed by atoms with van der Waals surface area (Å²) in [6.07, 6.45) is 0. The molecular weight excluding hydrogens is 219 g/mol. The van der Waals surface area contributed by atoms with Crippen LogP contribution in [-0.4, -0.2) is 9.97 Å². The highest BCUT2D eigenvalue weighted by Crippen LogP contribution is 2.21. The molecule has 1 aromatic heterocycles. The Labute approximate surface area is 97.6 Å². The number of benzene rings is 1. The van der Waals surface area contributed by atoms with Gasteiger partial charge < -0.3 is 5.73 Å². The lowest BCUT2D eigenvalue weighted by Crippen LogP contribution is -1.97. The molecule has 1 heterocycles. The molecule has 0 aliphatic heterocycles. The predicted molar refractivity (Wildman–Crippen MR) is 61.3 cm³/mol. The summed E-state index contributed by atoms with van der Waals surface area (Å²) in [5.74, 6) is 0.340. The molecule has 84 valence electrons. The monoisotopic (exact) mass is 228 g/mol. The fraction of sp³-hybridized carbons (Fsp3) is 0.0833. The average molecular weight is 228 g/mol. The fourth-order valence-electron chi connectivity index (χ4n) is 1.54. The number of nitrogen functional groups attached to an aromatic ring is 1. The molecule has 2 aromatic rings. The zero-order valence-corrected chi connectivity index (χ0v) is 9.11. The third-order valence-electron chi connectivity index (χ3n) is 2.18. The maximum atomic E-state index is 13.3. The number of aromatic nitrogens is 2. The molecule has 0 fully saturated rings. The van der Waals surface area contributed by atoms with Crippen LogP contribution >= 0.6 is 0 Å². The van der Waals surface area contributed by atoms with Crippen LogP contribution in [0, 0.1) is 24.1 Å². The van der Waals surface area contributed by atoms with Crippen molar-refractivity contribution >= 4 is 5.82 Å². The standard InChI is InChI=1S/C12H9FN4/c1-7-16-11(5-12(15)17-7)9-2-8(6-14)3-10(13)4-9/h2-5H,1H3,(H2,15,16,17). The van der Waals surface area contributed by atoms with Gasteiger partial charge in [0.2, 0.25) is 0 Å². The van der Waals surface area contributed by atoms with Gasteiger partial charge in [-0.1, -0.05) is 0 Å². The predicted octanol–water partition coefficient (Wildman–Crippen LogP) is 2.04. The highest BCUT2D eigenvalue weighted by atomic mass is 19.1. The minimum atomic E-state index is -0.478. The fourth-order valence-corrected chi connectivity index (χ4v) is 1.54. The summed E-state index contributed by atoms with van der Waals surface area (Å²) in [5.41, 5.74) is 6.86. The normalized spacial score (nSPS) is 9.94. The first kappa shape index (κ1) is 11.0. The lowest BCUT2D eigenvalue weighted by Gasteiger charge is -2.04. The largest absolute Gasteiger partial charge is 0.384 e. The van der Waals surface area contributed by atoms with Gasteiger partial charge in [-0.2, -0.15) is 5.26 Å². The van der Waals surface area contributed by atoms with Gasteiger partial charge in [-0.05, 0) is 25.1 Å². The summed E-state index contributed by atoms with van der Waals surface area (Å²) in [6, 6.07) is 7.47. The molecule has 0 spiro atoms. The first-order valence-electron chi connectivity index (χ1n) is 4.91. The van der Waals surface area contributed by atoms with E-state index in [-0.39, 0.29) is 5.56 Å². The van der Waals surface area contributed by atoms with Crippen LogP contribution in [0.25, 0.3) is 11.3 Å². The van der Waals surface area contributed by atoms with E-state index in [0.717, 1.165) is 0 Å². The summed E-state index contributed by atoms with van der Waals surface area (Å²) in [4.78, 5) is 8.09. The van der Waals surface area contributed by atoms with Crippen molar-refractivity contribution in [3.63, 3.8) is 0 Å². The molecular formula is C12H9FN4. The molecule has 0 bridgehead atoms. The van der Waals surface area contributed by atoms with E-state index in [2.05, 4.69) is 9.97 Å². The Kier molecular flexibility index (Phi) is 2.71. The zero-order chi connectivity index (χ0) is 12.4. The first-order valence-corrected chi connectivity index (χ1v) is 4.91. The van der Waals surface area contributed by atoms with E-state index in [1.807, 2.05) is 6.07 Å². The van der Waals surface area contributed by atoms with E-state index in [9.17, 15) is 4.39 Å². The van der Waals surface area contributed by atoms with Crippen molar-refractivity contribution in [1.82, 2.24) is 9.97 Å². The SMILES string of the molecule is Cc1nc(N)cc(-c2cc(F)cc(C#N)c2)n1. The minimum Gasteiger partial charge on any atom is -0.384 e. The van der Waals surface area contributed by atoms with E-state index < -0.39 is 5.82 Å². The summed E-state index contributed by atoms with van der Waals surface area (Å²) in [5, 5.41) is 8.77. The number of anilines is 1. The van der Waals surface area contributed by atoms with Crippen LogP contribution in [0.4, 0.5) is 10.2 Å². The Morgan fingerprint density at radius 2 is 2.00 bits per heavy atom. The van der Waals surface area contributed by atoms with Crippen LogP contribution in [0.2, 0.25) is 0 Å². The van der Waals surface area contributed by atoms with Crippen molar-refractivity contribution in [2.45, 2.75) is 6.92 Å². The molecule has 4 nitrogen and oxygen atoms in total. The van der Waals surface area contributed by atoms with Gasteiger partial charge in [-0.25, -0.2) is 14.4 Å².